The van der Waals surface area contributed by atoms with Gasteiger partial charge in [0.1, 0.15) is 11.3 Å². The molecule has 0 spiro atoms. The molecule has 0 radical (unpaired) electrons. The number of benzene rings is 2. The summed E-state index contributed by atoms with van der Waals surface area (Å²) in [5.74, 6) is -0.156. The highest BCUT2D eigenvalue weighted by Gasteiger charge is 2.14. The molecule has 0 aliphatic heterocycles. The van der Waals surface area contributed by atoms with Crippen LogP contribution >= 0.6 is 23.2 Å². The predicted octanol–water partition coefficient (Wildman–Crippen LogP) is 4.26. The van der Waals surface area contributed by atoms with Crippen molar-refractivity contribution in [3.8, 4) is 11.4 Å². The first-order valence-corrected chi connectivity index (χ1v) is 6.21. The smallest absolute Gasteiger partial charge is 0.152 e. The maximum absolute atomic E-state index is 13.9. The van der Waals surface area contributed by atoms with E-state index in [1.807, 2.05) is 0 Å². The lowest BCUT2D eigenvalue weighted by molar-refractivity contribution is 0.630. The van der Waals surface area contributed by atoms with E-state index in [-0.39, 0.29) is 5.02 Å². The van der Waals surface area contributed by atoms with E-state index in [9.17, 15) is 4.39 Å². The summed E-state index contributed by atoms with van der Waals surface area (Å²) in [7, 11) is 0. The fourth-order valence-electron chi connectivity index (χ4n) is 1.92. The number of aromatic nitrogens is 2. The van der Waals surface area contributed by atoms with Gasteiger partial charge in [0.2, 0.25) is 0 Å². The Labute approximate surface area is 118 Å². The predicted molar refractivity (Wildman–Crippen MR) is 75.9 cm³/mol. The number of nitrogens with one attached hydrogen (secondary N) is 1. The standard InChI is InChI=1S/C13H8Cl2FN3/c14-6-4-9(17)12-10(5-6)18-13(19-12)7-2-1-3-8(15)11(7)16/h1-5H,17H2,(H,18,19). The van der Waals surface area contributed by atoms with Crippen molar-refractivity contribution in [2.24, 2.45) is 0 Å². The summed E-state index contributed by atoms with van der Waals surface area (Å²) in [6.45, 7) is 0. The SMILES string of the molecule is Nc1cc(Cl)cc2[nH]c(-c3cccc(Cl)c3F)nc12. The van der Waals surface area contributed by atoms with Gasteiger partial charge >= 0.3 is 0 Å². The monoisotopic (exact) mass is 295 g/mol. The van der Waals surface area contributed by atoms with Gasteiger partial charge in [-0.3, -0.25) is 0 Å². The van der Waals surface area contributed by atoms with Crippen LogP contribution in [0.25, 0.3) is 22.4 Å². The van der Waals surface area contributed by atoms with Gasteiger partial charge in [-0.05, 0) is 24.3 Å². The zero-order valence-corrected chi connectivity index (χ0v) is 11.1. The van der Waals surface area contributed by atoms with Crippen molar-refractivity contribution in [3.05, 3.63) is 46.2 Å². The summed E-state index contributed by atoms with van der Waals surface area (Å²) in [5.41, 5.74) is 7.76. The Balaban J connectivity index is 2.26. The summed E-state index contributed by atoms with van der Waals surface area (Å²) in [5, 5.41) is 0.538. The van der Waals surface area contributed by atoms with Crippen LogP contribution in [0.15, 0.2) is 30.3 Å². The van der Waals surface area contributed by atoms with E-state index in [4.69, 9.17) is 28.9 Å². The summed E-state index contributed by atoms with van der Waals surface area (Å²) >= 11 is 11.7. The third-order valence-electron chi connectivity index (χ3n) is 2.79. The van der Waals surface area contributed by atoms with E-state index in [1.165, 1.54) is 6.07 Å². The van der Waals surface area contributed by atoms with Gasteiger partial charge in [-0.15, -0.1) is 0 Å². The largest absolute Gasteiger partial charge is 0.397 e. The fraction of sp³-hybridized carbons (Fsp3) is 0. The molecule has 3 rings (SSSR count). The Morgan fingerprint density at radius 1 is 1.21 bits per heavy atom. The Morgan fingerprint density at radius 3 is 2.79 bits per heavy atom. The molecule has 1 aromatic heterocycles. The first kappa shape index (κ1) is 12.3. The van der Waals surface area contributed by atoms with E-state index < -0.39 is 5.82 Å². The zero-order chi connectivity index (χ0) is 13.6. The normalized spacial score (nSPS) is 11.1. The van der Waals surface area contributed by atoms with Gasteiger partial charge in [0.25, 0.3) is 0 Å². The Bertz CT molecular complexity index is 783. The minimum Gasteiger partial charge on any atom is -0.397 e. The third-order valence-corrected chi connectivity index (χ3v) is 3.30. The highest BCUT2D eigenvalue weighted by atomic mass is 35.5. The van der Waals surface area contributed by atoms with Gasteiger partial charge < -0.3 is 10.7 Å². The minimum absolute atomic E-state index is 0.0453. The molecular weight excluding hydrogens is 288 g/mol. The van der Waals surface area contributed by atoms with Gasteiger partial charge in [-0.2, -0.15) is 0 Å². The molecule has 3 N–H and O–H groups in total. The van der Waals surface area contributed by atoms with Crippen molar-refractivity contribution in [3.63, 3.8) is 0 Å². The molecule has 0 bridgehead atoms. The van der Waals surface area contributed by atoms with Crippen LogP contribution in [0.1, 0.15) is 0 Å². The van der Waals surface area contributed by atoms with Crippen molar-refractivity contribution in [1.29, 1.82) is 0 Å². The minimum atomic E-state index is -0.520. The number of anilines is 1. The highest BCUT2D eigenvalue weighted by molar-refractivity contribution is 6.32. The van der Waals surface area contributed by atoms with Gasteiger partial charge in [-0.25, -0.2) is 9.37 Å². The molecule has 0 atom stereocenters. The summed E-state index contributed by atoms with van der Waals surface area (Å²) in [6.07, 6.45) is 0. The lowest BCUT2D eigenvalue weighted by Gasteiger charge is -2.00. The highest BCUT2D eigenvalue weighted by Crippen LogP contribution is 2.30. The number of hydrogen-bond acceptors (Lipinski definition) is 2. The molecule has 0 aliphatic rings. The quantitative estimate of drug-likeness (QED) is 0.659. The molecule has 0 fully saturated rings. The Hall–Kier alpha value is -1.78. The Kier molecular flexibility index (Phi) is 2.84. The molecule has 1 heterocycles. The number of rotatable bonds is 1. The van der Waals surface area contributed by atoms with Crippen molar-refractivity contribution in [1.82, 2.24) is 9.97 Å². The van der Waals surface area contributed by atoms with Crippen LogP contribution < -0.4 is 5.73 Å². The molecule has 2 aromatic carbocycles. The number of aromatic amines is 1. The molecule has 0 saturated carbocycles. The molecule has 0 saturated heterocycles. The molecule has 96 valence electrons. The molecule has 0 aliphatic carbocycles. The number of nitrogen functional groups attached to an aromatic ring is 1. The van der Waals surface area contributed by atoms with E-state index in [2.05, 4.69) is 9.97 Å². The van der Waals surface area contributed by atoms with Crippen LogP contribution in [-0.2, 0) is 0 Å². The van der Waals surface area contributed by atoms with E-state index in [0.29, 0.717) is 33.1 Å². The summed E-state index contributed by atoms with van der Waals surface area (Å²) in [4.78, 5) is 7.28. The van der Waals surface area contributed by atoms with E-state index in [1.54, 1.807) is 24.3 Å². The molecule has 19 heavy (non-hydrogen) atoms. The average molecular weight is 296 g/mol. The number of H-pyrrole nitrogens is 1. The van der Waals surface area contributed by atoms with Crippen LogP contribution in [0.5, 0.6) is 0 Å². The topological polar surface area (TPSA) is 54.7 Å². The molecule has 0 amide bonds. The fourth-order valence-corrected chi connectivity index (χ4v) is 2.32. The maximum atomic E-state index is 13.9. The van der Waals surface area contributed by atoms with Crippen LogP contribution in [0, 0.1) is 5.82 Å². The van der Waals surface area contributed by atoms with Crippen molar-refractivity contribution in [2.45, 2.75) is 0 Å². The van der Waals surface area contributed by atoms with Gasteiger partial charge in [-0.1, -0.05) is 29.3 Å². The number of fused-ring (bicyclic) bond motifs is 1. The molecule has 0 unspecified atom stereocenters. The van der Waals surface area contributed by atoms with Crippen LogP contribution in [0.3, 0.4) is 0 Å². The molecule has 6 heteroatoms. The van der Waals surface area contributed by atoms with Gasteiger partial charge in [0.15, 0.2) is 5.82 Å². The molecular formula is C13H8Cl2FN3. The average Bonchev–Trinajstić information content (AvgIpc) is 2.76. The first-order valence-electron chi connectivity index (χ1n) is 5.45. The third kappa shape index (κ3) is 2.03. The lowest BCUT2D eigenvalue weighted by Crippen LogP contribution is -1.88. The number of nitrogens with zero attached hydrogens (tertiary/aromatic N) is 1. The lowest BCUT2D eigenvalue weighted by atomic mass is 10.2. The van der Waals surface area contributed by atoms with E-state index in [0.717, 1.165) is 0 Å². The van der Waals surface area contributed by atoms with Gasteiger partial charge in [0.05, 0.1) is 21.8 Å². The first-order chi connectivity index (χ1) is 9.06. The Morgan fingerprint density at radius 2 is 2.00 bits per heavy atom. The van der Waals surface area contributed by atoms with E-state index >= 15 is 0 Å². The van der Waals surface area contributed by atoms with Crippen LogP contribution in [-0.4, -0.2) is 9.97 Å². The summed E-state index contributed by atoms with van der Waals surface area (Å²) in [6, 6.07) is 8.02. The number of halogens is 3. The van der Waals surface area contributed by atoms with Crippen molar-refractivity contribution in [2.75, 3.05) is 5.73 Å². The number of hydrogen-bond donors (Lipinski definition) is 2. The number of nitrogens with two attached hydrogens (primary N) is 1. The second-order valence-electron chi connectivity index (χ2n) is 4.08. The molecule has 3 aromatic rings. The zero-order valence-electron chi connectivity index (χ0n) is 9.55. The van der Waals surface area contributed by atoms with Crippen molar-refractivity contribution < 1.29 is 4.39 Å². The van der Waals surface area contributed by atoms with Crippen molar-refractivity contribution >= 4 is 39.9 Å². The second-order valence-corrected chi connectivity index (χ2v) is 4.92. The number of imidazole rings is 1. The van der Waals surface area contributed by atoms with Crippen LogP contribution in [0.4, 0.5) is 10.1 Å². The van der Waals surface area contributed by atoms with Gasteiger partial charge in [0, 0.05) is 5.02 Å². The van der Waals surface area contributed by atoms with Crippen LogP contribution in [0.2, 0.25) is 10.0 Å². The maximum Gasteiger partial charge on any atom is 0.152 e. The second kappa shape index (κ2) is 4.40. The molecule has 3 nitrogen and oxygen atoms in total. The summed E-state index contributed by atoms with van der Waals surface area (Å²) < 4.78 is 13.9.